The summed E-state index contributed by atoms with van der Waals surface area (Å²) in [5.41, 5.74) is 3.07. The number of anilines is 1. The molecule has 0 saturated carbocycles. The first-order valence-electron chi connectivity index (χ1n) is 9.43. The lowest BCUT2D eigenvalue weighted by molar-refractivity contribution is -0.119. The molecule has 3 rings (SSSR count). The Kier molecular flexibility index (Phi) is 6.83. The third-order valence-corrected chi connectivity index (χ3v) is 5.93. The molecule has 3 atom stereocenters. The van der Waals surface area contributed by atoms with Crippen molar-refractivity contribution >= 4 is 22.9 Å². The molecule has 1 heterocycles. The minimum Gasteiger partial charge on any atom is -0.348 e. The Morgan fingerprint density at radius 2 is 1.93 bits per heavy atom. The van der Waals surface area contributed by atoms with Gasteiger partial charge in [0.15, 0.2) is 0 Å². The number of likely N-dealkylation sites (tertiary alicyclic amines) is 1. The monoisotopic (exact) mass is 401 g/mol. The predicted molar refractivity (Wildman–Crippen MR) is 112 cm³/mol. The van der Waals surface area contributed by atoms with Gasteiger partial charge in [0.2, 0.25) is 5.91 Å². The number of benzene rings is 2. The largest absolute Gasteiger partial charge is 0.348 e. The van der Waals surface area contributed by atoms with Crippen LogP contribution < -0.4 is 9.62 Å². The molecule has 0 radical (unpaired) electrons. The first kappa shape index (κ1) is 20.5. The number of nitrogens with one attached hydrogen (secondary N) is 1. The minimum atomic E-state index is -2.02. The van der Waals surface area contributed by atoms with E-state index in [9.17, 15) is 13.6 Å². The number of amides is 1. The van der Waals surface area contributed by atoms with Crippen LogP contribution in [0.3, 0.4) is 0 Å². The molecular weight excluding hydrogens is 374 g/mol. The molecular formula is C21H27N3O3S. The van der Waals surface area contributed by atoms with Gasteiger partial charge in [0.1, 0.15) is 0 Å². The molecule has 2 aromatic rings. The summed E-state index contributed by atoms with van der Waals surface area (Å²) in [5.74, 6) is 0.401. The molecule has 1 saturated heterocycles. The Morgan fingerprint density at radius 3 is 2.54 bits per heavy atom. The van der Waals surface area contributed by atoms with Crippen molar-refractivity contribution in [3.8, 4) is 0 Å². The van der Waals surface area contributed by atoms with E-state index in [4.69, 9.17) is 0 Å². The van der Waals surface area contributed by atoms with Crippen LogP contribution >= 0.6 is 0 Å². The summed E-state index contributed by atoms with van der Waals surface area (Å²) in [6, 6.07) is 17.9. The van der Waals surface area contributed by atoms with Crippen LogP contribution in [-0.2, 0) is 16.1 Å². The maximum atomic E-state index is 11.6. The lowest BCUT2D eigenvalue weighted by Gasteiger charge is -2.25. The van der Waals surface area contributed by atoms with Crippen LogP contribution in [0.5, 0.6) is 0 Å². The fourth-order valence-electron chi connectivity index (χ4n) is 3.74. The van der Waals surface area contributed by atoms with E-state index >= 15 is 0 Å². The first-order chi connectivity index (χ1) is 13.4. The summed E-state index contributed by atoms with van der Waals surface area (Å²) in [7, 11) is 1.59. The van der Waals surface area contributed by atoms with Gasteiger partial charge >= 0.3 is 0 Å². The second-order valence-electron chi connectivity index (χ2n) is 7.23. The summed E-state index contributed by atoms with van der Waals surface area (Å²) in [4.78, 5) is 14.0. The van der Waals surface area contributed by atoms with E-state index in [0.717, 1.165) is 31.6 Å². The van der Waals surface area contributed by atoms with Crippen molar-refractivity contribution in [2.75, 3.05) is 31.0 Å². The number of carbonyl (C=O) groups is 1. The molecule has 2 aromatic carbocycles. The highest BCUT2D eigenvalue weighted by molar-refractivity contribution is 7.80. The third kappa shape index (κ3) is 5.19. The molecule has 0 bridgehead atoms. The van der Waals surface area contributed by atoms with Crippen molar-refractivity contribution in [1.29, 1.82) is 0 Å². The van der Waals surface area contributed by atoms with Crippen LogP contribution in [0.2, 0.25) is 0 Å². The van der Waals surface area contributed by atoms with E-state index in [0.29, 0.717) is 11.6 Å². The standard InChI is InChI=1S/C21H27N3O3S/c1-16(25)22-21(18-6-4-3-5-7-18)15-24-13-12-19(14-24)17-8-10-20(11-9-17)23(2)28(26)27/h3-11,19,21H,12-15H2,1-2H3,(H,22,25)(H,26,27)/t19?,21-/m1/s1. The number of nitrogens with zero attached hydrogens (tertiary/aromatic N) is 2. The quantitative estimate of drug-likeness (QED) is 0.700. The maximum Gasteiger partial charge on any atom is 0.261 e. The van der Waals surface area contributed by atoms with Crippen LogP contribution in [0.4, 0.5) is 5.69 Å². The summed E-state index contributed by atoms with van der Waals surface area (Å²) in [6.45, 7) is 4.26. The fourth-order valence-corrected chi connectivity index (χ4v) is 4.04. The first-order valence-corrected chi connectivity index (χ1v) is 10.5. The zero-order valence-corrected chi connectivity index (χ0v) is 17.1. The van der Waals surface area contributed by atoms with Gasteiger partial charge in [-0.2, -0.15) is 0 Å². The molecule has 2 unspecified atom stereocenters. The van der Waals surface area contributed by atoms with E-state index in [1.807, 2.05) is 42.5 Å². The van der Waals surface area contributed by atoms with E-state index in [1.165, 1.54) is 9.87 Å². The molecule has 6 nitrogen and oxygen atoms in total. The molecule has 2 N–H and O–H groups in total. The average Bonchev–Trinajstić information content (AvgIpc) is 3.16. The number of carbonyl (C=O) groups excluding carboxylic acids is 1. The van der Waals surface area contributed by atoms with Crippen molar-refractivity contribution in [1.82, 2.24) is 10.2 Å². The van der Waals surface area contributed by atoms with Gasteiger partial charge in [0.05, 0.1) is 11.7 Å². The average molecular weight is 402 g/mol. The van der Waals surface area contributed by atoms with Crippen molar-refractivity contribution < 1.29 is 13.6 Å². The van der Waals surface area contributed by atoms with Crippen LogP contribution in [0.25, 0.3) is 0 Å². The normalized spacial score (nSPS) is 19.2. The predicted octanol–water partition coefficient (Wildman–Crippen LogP) is 2.93. The highest BCUT2D eigenvalue weighted by atomic mass is 32.2. The van der Waals surface area contributed by atoms with Gasteiger partial charge < -0.3 is 10.2 Å². The second-order valence-corrected chi connectivity index (χ2v) is 8.24. The molecule has 7 heteroatoms. The number of hydrogen-bond donors (Lipinski definition) is 2. The topological polar surface area (TPSA) is 72.9 Å². The maximum absolute atomic E-state index is 11.6. The lowest BCUT2D eigenvalue weighted by atomic mass is 9.98. The summed E-state index contributed by atoms with van der Waals surface area (Å²) in [6.07, 6.45) is 1.06. The van der Waals surface area contributed by atoms with Gasteiger partial charge in [-0.05, 0) is 42.1 Å². The van der Waals surface area contributed by atoms with E-state index in [2.05, 4.69) is 22.3 Å². The highest BCUT2D eigenvalue weighted by Gasteiger charge is 2.26. The Bertz CT molecular complexity index is 813. The molecule has 0 spiro atoms. The number of hydrogen-bond acceptors (Lipinski definition) is 3. The smallest absolute Gasteiger partial charge is 0.261 e. The van der Waals surface area contributed by atoms with Crippen LogP contribution in [0.15, 0.2) is 54.6 Å². The van der Waals surface area contributed by atoms with Crippen molar-refractivity contribution in [3.63, 3.8) is 0 Å². The van der Waals surface area contributed by atoms with Gasteiger partial charge in [-0.25, -0.2) is 4.21 Å². The van der Waals surface area contributed by atoms with Crippen molar-refractivity contribution in [2.24, 2.45) is 0 Å². The minimum absolute atomic E-state index is 0.0204. The lowest BCUT2D eigenvalue weighted by Crippen LogP contribution is -2.36. The Labute approximate surface area is 169 Å². The summed E-state index contributed by atoms with van der Waals surface area (Å²) >= 11 is -2.02. The molecule has 150 valence electrons. The van der Waals surface area contributed by atoms with Gasteiger partial charge in [-0.15, -0.1) is 0 Å². The van der Waals surface area contributed by atoms with Gasteiger partial charge in [-0.1, -0.05) is 42.5 Å². The fraction of sp³-hybridized carbons (Fsp3) is 0.381. The molecule has 28 heavy (non-hydrogen) atoms. The zero-order chi connectivity index (χ0) is 20.1. The van der Waals surface area contributed by atoms with Gasteiger partial charge in [0, 0.05) is 27.1 Å². The van der Waals surface area contributed by atoms with Crippen LogP contribution in [0.1, 0.15) is 36.4 Å². The number of rotatable bonds is 7. The molecule has 0 aliphatic carbocycles. The summed E-state index contributed by atoms with van der Waals surface area (Å²) in [5, 5.41) is 3.07. The van der Waals surface area contributed by atoms with E-state index in [-0.39, 0.29) is 11.9 Å². The van der Waals surface area contributed by atoms with Crippen molar-refractivity contribution in [2.45, 2.75) is 25.3 Å². The van der Waals surface area contributed by atoms with E-state index in [1.54, 1.807) is 14.0 Å². The molecule has 0 aromatic heterocycles. The van der Waals surface area contributed by atoms with Crippen molar-refractivity contribution in [3.05, 3.63) is 65.7 Å². The summed E-state index contributed by atoms with van der Waals surface area (Å²) < 4.78 is 21.7. The molecule has 1 amide bonds. The van der Waals surface area contributed by atoms with E-state index < -0.39 is 11.3 Å². The van der Waals surface area contributed by atoms with Crippen LogP contribution in [0, 0.1) is 0 Å². The van der Waals surface area contributed by atoms with Gasteiger partial charge in [0.25, 0.3) is 11.3 Å². The Morgan fingerprint density at radius 1 is 1.25 bits per heavy atom. The zero-order valence-electron chi connectivity index (χ0n) is 16.2. The molecule has 1 aliphatic heterocycles. The van der Waals surface area contributed by atoms with Crippen LogP contribution in [-0.4, -0.2) is 46.3 Å². The Balaban J connectivity index is 1.64. The molecule has 1 aliphatic rings. The second kappa shape index (κ2) is 9.32. The SMILES string of the molecule is CC(=O)N[C@H](CN1CCC(c2ccc(N(C)S(=O)O)cc2)C1)c1ccccc1. The highest BCUT2D eigenvalue weighted by Crippen LogP contribution is 2.30. The Hall–Kier alpha value is -2.22. The third-order valence-electron chi connectivity index (χ3n) is 5.25. The molecule has 1 fully saturated rings. The van der Waals surface area contributed by atoms with Gasteiger partial charge in [-0.3, -0.25) is 13.7 Å².